The van der Waals surface area contributed by atoms with Crippen LogP contribution in [0.25, 0.3) is 10.8 Å². The summed E-state index contributed by atoms with van der Waals surface area (Å²) in [7, 11) is 0. The van der Waals surface area contributed by atoms with Crippen LogP contribution in [0.1, 0.15) is 18.9 Å². The number of carbonyl (C=O) groups excluding carboxylic acids is 1. The molecule has 1 aliphatic heterocycles. The van der Waals surface area contributed by atoms with Gasteiger partial charge in [-0.15, -0.1) is 0 Å². The van der Waals surface area contributed by atoms with Crippen LogP contribution in [0.3, 0.4) is 0 Å². The van der Waals surface area contributed by atoms with E-state index in [1.165, 1.54) is 10.8 Å². The third-order valence-electron chi connectivity index (χ3n) is 4.49. The number of amides is 1. The number of rotatable bonds is 2. The van der Waals surface area contributed by atoms with Crippen LogP contribution in [-0.4, -0.2) is 29.9 Å². The van der Waals surface area contributed by atoms with E-state index in [0.717, 1.165) is 25.1 Å². The van der Waals surface area contributed by atoms with Crippen LogP contribution in [0.2, 0.25) is 0 Å². The topological polar surface area (TPSA) is 46.3 Å². The van der Waals surface area contributed by atoms with Crippen molar-refractivity contribution in [2.24, 2.45) is 11.7 Å². The third-order valence-corrected chi connectivity index (χ3v) is 4.49. The summed E-state index contributed by atoms with van der Waals surface area (Å²) in [6, 6.07) is 14.7. The van der Waals surface area contributed by atoms with Gasteiger partial charge in [-0.2, -0.15) is 0 Å². The van der Waals surface area contributed by atoms with Gasteiger partial charge in [-0.25, -0.2) is 0 Å². The van der Waals surface area contributed by atoms with E-state index >= 15 is 0 Å². The molecule has 2 atom stereocenters. The lowest BCUT2D eigenvalue weighted by Crippen LogP contribution is -2.48. The van der Waals surface area contributed by atoms with Crippen molar-refractivity contribution in [1.29, 1.82) is 0 Å². The Kier molecular flexibility index (Phi) is 3.93. The standard InChI is InChI=1S/C18H22N2O/c1-13-12-20(9-8-17(13)19)18(21)11-14-6-7-15-4-2-3-5-16(15)10-14/h2-7,10,13,17H,8-9,11-12,19H2,1H3. The summed E-state index contributed by atoms with van der Waals surface area (Å²) in [6.45, 7) is 3.70. The molecule has 1 fully saturated rings. The van der Waals surface area contributed by atoms with Crippen LogP contribution in [0.4, 0.5) is 0 Å². The summed E-state index contributed by atoms with van der Waals surface area (Å²) < 4.78 is 0. The lowest BCUT2D eigenvalue weighted by Gasteiger charge is -2.35. The molecule has 1 heterocycles. The lowest BCUT2D eigenvalue weighted by molar-refractivity contribution is -0.132. The number of benzene rings is 2. The summed E-state index contributed by atoms with van der Waals surface area (Å²) >= 11 is 0. The SMILES string of the molecule is CC1CN(C(=O)Cc2ccc3ccccc3c2)CCC1N. The van der Waals surface area contributed by atoms with Gasteiger partial charge in [0.2, 0.25) is 5.91 Å². The average Bonchev–Trinajstić information content (AvgIpc) is 2.50. The highest BCUT2D eigenvalue weighted by Crippen LogP contribution is 2.19. The van der Waals surface area contributed by atoms with Gasteiger partial charge in [-0.05, 0) is 28.7 Å². The first-order valence-corrected chi connectivity index (χ1v) is 7.64. The number of carbonyl (C=O) groups is 1. The van der Waals surface area contributed by atoms with Crippen molar-refractivity contribution in [2.75, 3.05) is 13.1 Å². The van der Waals surface area contributed by atoms with Gasteiger partial charge in [0.15, 0.2) is 0 Å². The highest BCUT2D eigenvalue weighted by atomic mass is 16.2. The van der Waals surface area contributed by atoms with Crippen LogP contribution in [0.15, 0.2) is 42.5 Å². The number of hydrogen-bond donors (Lipinski definition) is 1. The maximum Gasteiger partial charge on any atom is 0.227 e. The first-order valence-electron chi connectivity index (χ1n) is 7.64. The number of fused-ring (bicyclic) bond motifs is 1. The molecule has 2 aromatic rings. The Hall–Kier alpha value is -1.87. The quantitative estimate of drug-likeness (QED) is 0.920. The number of nitrogens with zero attached hydrogens (tertiary/aromatic N) is 1. The van der Waals surface area contributed by atoms with Gasteiger partial charge in [0, 0.05) is 19.1 Å². The zero-order chi connectivity index (χ0) is 14.8. The Morgan fingerprint density at radius 3 is 2.76 bits per heavy atom. The summed E-state index contributed by atoms with van der Waals surface area (Å²) in [6.07, 6.45) is 1.39. The van der Waals surface area contributed by atoms with E-state index < -0.39 is 0 Å². The first kappa shape index (κ1) is 14.1. The predicted octanol–water partition coefficient (Wildman–Crippen LogP) is 2.58. The maximum atomic E-state index is 12.4. The second-order valence-corrected chi connectivity index (χ2v) is 6.13. The van der Waals surface area contributed by atoms with Gasteiger partial charge in [0.05, 0.1) is 6.42 Å². The fraction of sp³-hybridized carbons (Fsp3) is 0.389. The predicted molar refractivity (Wildman–Crippen MR) is 86.0 cm³/mol. The second-order valence-electron chi connectivity index (χ2n) is 6.13. The zero-order valence-corrected chi connectivity index (χ0v) is 12.5. The van der Waals surface area contributed by atoms with Gasteiger partial charge in [0.1, 0.15) is 0 Å². The summed E-state index contributed by atoms with van der Waals surface area (Å²) in [5.41, 5.74) is 7.10. The molecule has 0 aliphatic carbocycles. The summed E-state index contributed by atoms with van der Waals surface area (Å²) in [5, 5.41) is 2.41. The van der Waals surface area contributed by atoms with E-state index in [9.17, 15) is 4.79 Å². The van der Waals surface area contributed by atoms with E-state index in [4.69, 9.17) is 5.73 Å². The highest BCUT2D eigenvalue weighted by molar-refractivity contribution is 5.85. The minimum absolute atomic E-state index is 0.212. The molecule has 110 valence electrons. The molecule has 0 spiro atoms. The molecule has 0 radical (unpaired) electrons. The van der Waals surface area contributed by atoms with Crippen LogP contribution in [0.5, 0.6) is 0 Å². The van der Waals surface area contributed by atoms with E-state index in [2.05, 4.69) is 37.3 Å². The van der Waals surface area contributed by atoms with Crippen molar-refractivity contribution < 1.29 is 4.79 Å². The normalized spacial score (nSPS) is 22.5. The monoisotopic (exact) mass is 282 g/mol. The molecular weight excluding hydrogens is 260 g/mol. The number of likely N-dealkylation sites (tertiary alicyclic amines) is 1. The Balaban J connectivity index is 1.71. The van der Waals surface area contributed by atoms with Crippen molar-refractivity contribution in [3.8, 4) is 0 Å². The molecule has 2 aromatic carbocycles. The smallest absolute Gasteiger partial charge is 0.227 e. The van der Waals surface area contributed by atoms with Crippen LogP contribution >= 0.6 is 0 Å². The third kappa shape index (κ3) is 3.08. The van der Waals surface area contributed by atoms with E-state index in [1.54, 1.807) is 0 Å². The number of piperidine rings is 1. The van der Waals surface area contributed by atoms with Crippen molar-refractivity contribution in [1.82, 2.24) is 4.90 Å². The van der Waals surface area contributed by atoms with Crippen molar-refractivity contribution in [3.05, 3.63) is 48.0 Å². The maximum absolute atomic E-state index is 12.4. The molecule has 3 nitrogen and oxygen atoms in total. The van der Waals surface area contributed by atoms with E-state index in [-0.39, 0.29) is 11.9 Å². The Labute approximate surface area is 125 Å². The molecule has 2 N–H and O–H groups in total. The fourth-order valence-electron chi connectivity index (χ4n) is 3.03. The second kappa shape index (κ2) is 5.86. The fourth-order valence-corrected chi connectivity index (χ4v) is 3.03. The number of hydrogen-bond acceptors (Lipinski definition) is 2. The van der Waals surface area contributed by atoms with Crippen molar-refractivity contribution in [2.45, 2.75) is 25.8 Å². The van der Waals surface area contributed by atoms with Crippen molar-refractivity contribution >= 4 is 16.7 Å². The lowest BCUT2D eigenvalue weighted by atomic mass is 9.94. The molecule has 3 heteroatoms. The van der Waals surface area contributed by atoms with E-state index in [0.29, 0.717) is 12.3 Å². The number of nitrogens with two attached hydrogens (primary N) is 1. The Bertz CT molecular complexity index is 652. The average molecular weight is 282 g/mol. The largest absolute Gasteiger partial charge is 0.342 e. The van der Waals surface area contributed by atoms with Gasteiger partial charge < -0.3 is 10.6 Å². The highest BCUT2D eigenvalue weighted by Gasteiger charge is 2.26. The van der Waals surface area contributed by atoms with Crippen LogP contribution in [0, 0.1) is 5.92 Å². The molecular formula is C18H22N2O. The molecule has 2 unspecified atom stereocenters. The van der Waals surface area contributed by atoms with E-state index in [1.807, 2.05) is 17.0 Å². The molecule has 3 rings (SSSR count). The zero-order valence-electron chi connectivity index (χ0n) is 12.5. The molecule has 1 saturated heterocycles. The minimum Gasteiger partial charge on any atom is -0.342 e. The van der Waals surface area contributed by atoms with Crippen molar-refractivity contribution in [3.63, 3.8) is 0 Å². The minimum atomic E-state index is 0.212. The summed E-state index contributed by atoms with van der Waals surface area (Å²) in [4.78, 5) is 14.4. The molecule has 0 bridgehead atoms. The molecule has 21 heavy (non-hydrogen) atoms. The molecule has 0 aromatic heterocycles. The summed E-state index contributed by atoms with van der Waals surface area (Å²) in [5.74, 6) is 0.600. The molecule has 0 saturated carbocycles. The van der Waals surface area contributed by atoms with Crippen LogP contribution in [-0.2, 0) is 11.2 Å². The van der Waals surface area contributed by atoms with Gasteiger partial charge in [-0.3, -0.25) is 4.79 Å². The van der Waals surface area contributed by atoms with Gasteiger partial charge in [-0.1, -0.05) is 49.4 Å². The first-order chi connectivity index (χ1) is 10.1. The van der Waals surface area contributed by atoms with Gasteiger partial charge >= 0.3 is 0 Å². The Morgan fingerprint density at radius 2 is 2.00 bits per heavy atom. The molecule has 1 aliphatic rings. The van der Waals surface area contributed by atoms with Gasteiger partial charge in [0.25, 0.3) is 0 Å². The molecule has 1 amide bonds. The Morgan fingerprint density at radius 1 is 1.24 bits per heavy atom. The van der Waals surface area contributed by atoms with Crippen LogP contribution < -0.4 is 5.73 Å².